The van der Waals surface area contributed by atoms with E-state index in [9.17, 15) is 9.59 Å². The number of aliphatic carboxylic acids is 1. The number of carbonyl (C=O) groups is 2. The van der Waals surface area contributed by atoms with E-state index < -0.39 is 5.97 Å². The van der Waals surface area contributed by atoms with E-state index in [0.29, 0.717) is 12.0 Å². The van der Waals surface area contributed by atoms with Crippen LogP contribution in [0.3, 0.4) is 0 Å². The molecule has 0 spiro atoms. The lowest BCUT2D eigenvalue weighted by atomic mass is 9.98. The van der Waals surface area contributed by atoms with E-state index >= 15 is 0 Å². The van der Waals surface area contributed by atoms with Crippen molar-refractivity contribution in [3.8, 4) is 16.9 Å². The summed E-state index contributed by atoms with van der Waals surface area (Å²) in [5.41, 5.74) is 6.77. The minimum Gasteiger partial charge on any atom is -0.497 e. The molecule has 0 unspecified atom stereocenters. The summed E-state index contributed by atoms with van der Waals surface area (Å²) in [5, 5.41) is 11.9. The summed E-state index contributed by atoms with van der Waals surface area (Å²) in [6, 6.07) is 13.6. The molecule has 1 amide bonds. The molecule has 0 fully saturated rings. The van der Waals surface area contributed by atoms with Crippen molar-refractivity contribution in [2.45, 2.75) is 19.8 Å². The van der Waals surface area contributed by atoms with E-state index in [1.54, 1.807) is 13.2 Å². The maximum Gasteiger partial charge on any atom is 0.303 e. The first-order valence-electron chi connectivity index (χ1n) is 9.67. The molecular weight excluding hydrogens is 380 g/mol. The number of carboxylic acids is 1. The number of H-pyrrole nitrogens is 1. The predicted molar refractivity (Wildman–Crippen MR) is 116 cm³/mol. The van der Waals surface area contributed by atoms with Gasteiger partial charge in [-0.25, -0.2) is 0 Å². The molecule has 0 bridgehead atoms. The summed E-state index contributed by atoms with van der Waals surface area (Å²) < 4.78 is 5.30. The second-order valence-corrected chi connectivity index (χ2v) is 7.26. The lowest BCUT2D eigenvalue weighted by Gasteiger charge is -2.07. The van der Waals surface area contributed by atoms with Gasteiger partial charge in [-0.3, -0.25) is 9.59 Å². The highest BCUT2D eigenvalue weighted by molar-refractivity contribution is 6.35. The molecule has 0 saturated carbocycles. The first kappa shape index (κ1) is 19.5. The average Bonchev–Trinajstić information content (AvgIpc) is 3.25. The molecule has 3 N–H and O–H groups in total. The Labute approximate surface area is 174 Å². The first-order valence-corrected chi connectivity index (χ1v) is 9.67. The number of carboxylic acid groups (broad SMARTS) is 1. The summed E-state index contributed by atoms with van der Waals surface area (Å²) in [4.78, 5) is 26.8. The number of hydrogen-bond acceptors (Lipinski definition) is 3. The maximum atomic E-state index is 12.7. The van der Waals surface area contributed by atoms with Gasteiger partial charge in [-0.15, -0.1) is 0 Å². The van der Waals surface area contributed by atoms with E-state index in [-0.39, 0.29) is 12.3 Å². The highest BCUT2D eigenvalue weighted by atomic mass is 16.5. The van der Waals surface area contributed by atoms with Crippen LogP contribution in [0.15, 0.2) is 48.7 Å². The number of anilines is 1. The van der Waals surface area contributed by atoms with Gasteiger partial charge < -0.3 is 20.1 Å². The van der Waals surface area contributed by atoms with Gasteiger partial charge in [0.1, 0.15) is 5.75 Å². The molecule has 6 nitrogen and oxygen atoms in total. The Morgan fingerprint density at radius 2 is 1.97 bits per heavy atom. The van der Waals surface area contributed by atoms with Crippen LogP contribution in [0.5, 0.6) is 5.75 Å². The van der Waals surface area contributed by atoms with Crippen LogP contribution in [0.25, 0.3) is 22.8 Å². The Bertz CT molecular complexity index is 1170. The molecule has 0 radical (unpaired) electrons. The molecule has 0 saturated heterocycles. The summed E-state index contributed by atoms with van der Waals surface area (Å²) in [7, 11) is 1.63. The Hall–Kier alpha value is -3.80. The van der Waals surface area contributed by atoms with Crippen LogP contribution in [0.2, 0.25) is 0 Å². The molecule has 3 aromatic rings. The Kier molecular flexibility index (Phi) is 5.14. The minimum atomic E-state index is -0.844. The van der Waals surface area contributed by atoms with Crippen LogP contribution in [0, 0.1) is 6.92 Å². The summed E-state index contributed by atoms with van der Waals surface area (Å²) in [5.74, 6) is -0.249. The molecule has 0 aliphatic carbocycles. The van der Waals surface area contributed by atoms with Crippen molar-refractivity contribution < 1.29 is 19.4 Å². The number of amides is 1. The molecule has 6 heteroatoms. The Morgan fingerprint density at radius 3 is 2.73 bits per heavy atom. The van der Waals surface area contributed by atoms with Crippen molar-refractivity contribution in [1.29, 1.82) is 0 Å². The normalized spacial score (nSPS) is 13.9. The molecular formula is C24H22N2O4. The number of benzene rings is 2. The highest BCUT2D eigenvalue weighted by Gasteiger charge is 2.25. The van der Waals surface area contributed by atoms with Crippen molar-refractivity contribution in [3.63, 3.8) is 0 Å². The molecule has 1 aliphatic rings. The van der Waals surface area contributed by atoms with Gasteiger partial charge >= 0.3 is 5.97 Å². The number of nitrogens with one attached hydrogen (secondary N) is 2. The van der Waals surface area contributed by atoms with Crippen LogP contribution < -0.4 is 10.1 Å². The third-order valence-corrected chi connectivity index (χ3v) is 5.33. The summed E-state index contributed by atoms with van der Waals surface area (Å²) >= 11 is 0. The van der Waals surface area contributed by atoms with Crippen molar-refractivity contribution in [1.82, 2.24) is 4.98 Å². The van der Waals surface area contributed by atoms with Gasteiger partial charge in [0.05, 0.1) is 12.7 Å². The first-order chi connectivity index (χ1) is 14.5. The molecule has 2 aromatic carbocycles. The summed E-state index contributed by atoms with van der Waals surface area (Å²) in [6.45, 7) is 1.93. The lowest BCUT2D eigenvalue weighted by molar-refractivity contribution is -0.137. The maximum absolute atomic E-state index is 12.7. The third-order valence-electron chi connectivity index (χ3n) is 5.33. The number of hydrogen-bond donors (Lipinski definition) is 3. The molecule has 1 aromatic heterocycles. The zero-order valence-corrected chi connectivity index (χ0v) is 16.8. The average molecular weight is 402 g/mol. The van der Waals surface area contributed by atoms with Gasteiger partial charge in [0, 0.05) is 29.6 Å². The number of rotatable bonds is 6. The fraction of sp³-hybridized carbons (Fsp3) is 0.167. The van der Waals surface area contributed by atoms with E-state index in [1.165, 1.54) is 0 Å². The summed E-state index contributed by atoms with van der Waals surface area (Å²) in [6.07, 6.45) is 4.09. The topological polar surface area (TPSA) is 91.4 Å². The smallest absolute Gasteiger partial charge is 0.303 e. The van der Waals surface area contributed by atoms with Crippen LogP contribution in [0.4, 0.5) is 5.69 Å². The third kappa shape index (κ3) is 3.72. The van der Waals surface area contributed by atoms with Crippen molar-refractivity contribution in [2.75, 3.05) is 12.4 Å². The Balaban J connectivity index is 1.69. The largest absolute Gasteiger partial charge is 0.497 e. The van der Waals surface area contributed by atoms with Crippen LogP contribution in [0.1, 0.15) is 28.8 Å². The predicted octanol–water partition coefficient (Wildman–Crippen LogP) is 4.51. The molecule has 30 heavy (non-hydrogen) atoms. The number of fused-ring (bicyclic) bond motifs is 1. The monoisotopic (exact) mass is 402 g/mol. The van der Waals surface area contributed by atoms with Gasteiger partial charge in [-0.2, -0.15) is 0 Å². The van der Waals surface area contributed by atoms with E-state index in [4.69, 9.17) is 9.84 Å². The minimum absolute atomic E-state index is 0.0432. The lowest BCUT2D eigenvalue weighted by Crippen LogP contribution is -2.04. The van der Waals surface area contributed by atoms with Gasteiger partial charge in [-0.05, 0) is 59.9 Å². The molecule has 152 valence electrons. The Morgan fingerprint density at radius 1 is 1.17 bits per heavy atom. The van der Waals surface area contributed by atoms with Crippen molar-refractivity contribution in [2.24, 2.45) is 0 Å². The molecule has 1 aliphatic heterocycles. The number of methoxy groups -OCH3 is 1. The van der Waals surface area contributed by atoms with Crippen LogP contribution in [-0.2, 0) is 16.0 Å². The molecule has 4 rings (SSSR count). The van der Waals surface area contributed by atoms with E-state index in [1.807, 2.05) is 55.6 Å². The van der Waals surface area contributed by atoms with Crippen molar-refractivity contribution >= 4 is 29.2 Å². The second-order valence-electron chi connectivity index (χ2n) is 7.26. The van der Waals surface area contributed by atoms with Gasteiger partial charge in [0.2, 0.25) is 0 Å². The number of ether oxygens (including phenoxy) is 1. The molecule has 0 atom stereocenters. The zero-order chi connectivity index (χ0) is 21.3. The number of carbonyl (C=O) groups excluding carboxylic acids is 1. The number of aryl methyl sites for hydroxylation is 1. The quantitative estimate of drug-likeness (QED) is 0.529. The highest BCUT2D eigenvalue weighted by Crippen LogP contribution is 2.37. The fourth-order valence-corrected chi connectivity index (χ4v) is 3.73. The van der Waals surface area contributed by atoms with E-state index in [0.717, 1.165) is 44.9 Å². The van der Waals surface area contributed by atoms with Gasteiger partial charge in [0.15, 0.2) is 0 Å². The van der Waals surface area contributed by atoms with Crippen LogP contribution >= 0.6 is 0 Å². The molecule has 2 heterocycles. The zero-order valence-electron chi connectivity index (χ0n) is 16.8. The van der Waals surface area contributed by atoms with Crippen LogP contribution in [-0.4, -0.2) is 29.1 Å². The number of aromatic amines is 1. The SMILES string of the molecule is COc1cccc(-c2ccc3c(c2)NC(=O)/C3=C\c2[nH]cc(C)c2CCC(=O)O)c1. The standard InChI is InChI=1S/C24H22N2O4/c1-14-13-25-21(18(14)8-9-23(27)28)12-20-19-7-6-16(11-22(19)26-24(20)29)15-4-3-5-17(10-15)30-2/h3-7,10-13,25H,8-9H2,1-2H3,(H,26,29)(H,27,28)/b20-12-. The second kappa shape index (κ2) is 7.91. The fourth-order valence-electron chi connectivity index (χ4n) is 3.73. The number of aromatic nitrogens is 1. The van der Waals surface area contributed by atoms with Crippen molar-refractivity contribution in [3.05, 3.63) is 71.0 Å². The van der Waals surface area contributed by atoms with Gasteiger partial charge in [-0.1, -0.05) is 24.3 Å². The van der Waals surface area contributed by atoms with Gasteiger partial charge in [0.25, 0.3) is 5.91 Å². The van der Waals surface area contributed by atoms with E-state index in [2.05, 4.69) is 10.3 Å².